The highest BCUT2D eigenvalue weighted by Gasteiger charge is 2.32. The van der Waals surface area contributed by atoms with Crippen LogP contribution in [-0.2, 0) is 16.1 Å². The molecule has 30 heavy (non-hydrogen) atoms. The zero-order valence-electron chi connectivity index (χ0n) is 17.1. The number of aliphatic imine (C=N–C) groups is 1. The molecule has 1 fully saturated rings. The molecule has 0 bridgehead atoms. The number of nitrogens with one attached hydrogen (secondary N) is 1. The predicted molar refractivity (Wildman–Crippen MR) is 115 cm³/mol. The minimum Gasteiger partial charge on any atom is -0.465 e. The van der Waals surface area contributed by atoms with E-state index in [2.05, 4.69) is 31.9 Å². The van der Waals surface area contributed by atoms with Gasteiger partial charge in [-0.25, -0.2) is 14.8 Å². The Labute approximate surface area is 180 Å². The number of carbonyl (C=O) groups excluding carboxylic acids is 2. The molecule has 0 radical (unpaired) electrons. The zero-order chi connectivity index (χ0) is 21.7. The molecule has 1 aliphatic rings. The minimum atomic E-state index is -0.399. The number of aldehydes is 1. The van der Waals surface area contributed by atoms with Gasteiger partial charge in [0.1, 0.15) is 5.69 Å². The summed E-state index contributed by atoms with van der Waals surface area (Å²) < 4.78 is 4.69. The second-order valence-electron chi connectivity index (χ2n) is 7.19. The van der Waals surface area contributed by atoms with E-state index in [1.54, 1.807) is 24.3 Å². The van der Waals surface area contributed by atoms with Gasteiger partial charge >= 0.3 is 5.97 Å². The van der Waals surface area contributed by atoms with Crippen LogP contribution >= 0.6 is 11.6 Å². The third-order valence-corrected chi connectivity index (χ3v) is 5.35. The topological polar surface area (TPSA) is 96.8 Å². The van der Waals surface area contributed by atoms with E-state index in [9.17, 15) is 9.59 Å². The Hall–Kier alpha value is -3.00. The Kier molecular flexibility index (Phi) is 6.99. The second kappa shape index (κ2) is 9.67. The smallest absolute Gasteiger partial charge is 0.337 e. The molecule has 0 amide bonds. The van der Waals surface area contributed by atoms with Crippen LogP contribution in [0, 0.1) is 5.92 Å². The number of methoxy groups -OCH3 is 1. The van der Waals surface area contributed by atoms with Crippen LogP contribution in [0.15, 0.2) is 35.5 Å². The number of amidine groups is 1. The van der Waals surface area contributed by atoms with E-state index in [0.29, 0.717) is 35.8 Å². The molecule has 1 aromatic heterocycles. The van der Waals surface area contributed by atoms with E-state index in [0.717, 1.165) is 5.56 Å². The van der Waals surface area contributed by atoms with Crippen molar-refractivity contribution in [1.82, 2.24) is 15.3 Å². The van der Waals surface area contributed by atoms with Crippen LogP contribution in [0.25, 0.3) is 0 Å². The van der Waals surface area contributed by atoms with Crippen molar-refractivity contribution in [3.8, 4) is 0 Å². The van der Waals surface area contributed by atoms with Gasteiger partial charge in [0.2, 0.25) is 5.28 Å². The Morgan fingerprint density at radius 1 is 1.40 bits per heavy atom. The lowest BCUT2D eigenvalue weighted by atomic mass is 10.1. The molecule has 0 saturated heterocycles. The summed E-state index contributed by atoms with van der Waals surface area (Å²) in [5, 5.41) is 3.13. The van der Waals surface area contributed by atoms with Crippen LogP contribution in [0.4, 0.5) is 11.5 Å². The molecule has 3 rings (SSSR count). The zero-order valence-corrected chi connectivity index (χ0v) is 17.9. The molecule has 158 valence electrons. The van der Waals surface area contributed by atoms with Crippen LogP contribution in [0.2, 0.25) is 5.28 Å². The van der Waals surface area contributed by atoms with E-state index in [1.165, 1.54) is 26.1 Å². The Bertz CT molecular complexity index is 944. The highest BCUT2D eigenvalue weighted by molar-refractivity contribution is 6.29. The number of nitrogens with zero attached hydrogens (tertiary/aromatic N) is 4. The standard InChI is InChI=1S/C21H24ClN5O3/c1-13(15-8-9-15)27(2)19-17(11-24-21(22)26-19)25-18(12-28)23-10-14-4-6-16(7-5-14)20(29)30-3/h4-7,11-13,15H,8-10H2,1-3H3,(H,23,25). The number of rotatable bonds is 8. The third-order valence-electron chi connectivity index (χ3n) is 5.17. The molecule has 0 aliphatic heterocycles. The molecule has 1 heterocycles. The van der Waals surface area contributed by atoms with E-state index >= 15 is 0 Å². The summed E-state index contributed by atoms with van der Waals surface area (Å²) >= 11 is 6.00. The summed E-state index contributed by atoms with van der Waals surface area (Å²) in [6.07, 6.45) is 4.54. The Morgan fingerprint density at radius 2 is 2.10 bits per heavy atom. The van der Waals surface area contributed by atoms with E-state index in [-0.39, 0.29) is 17.2 Å². The first kappa shape index (κ1) is 21.7. The van der Waals surface area contributed by atoms with Gasteiger partial charge < -0.3 is 15.0 Å². The average molecular weight is 430 g/mol. The molecule has 1 aliphatic carbocycles. The van der Waals surface area contributed by atoms with Crippen molar-refractivity contribution >= 4 is 41.2 Å². The highest BCUT2D eigenvalue weighted by Crippen LogP contribution is 2.38. The Morgan fingerprint density at radius 3 is 2.70 bits per heavy atom. The number of carbonyl (C=O) groups is 2. The molecule has 1 unspecified atom stereocenters. The van der Waals surface area contributed by atoms with Crippen molar-refractivity contribution in [2.45, 2.75) is 32.4 Å². The predicted octanol–water partition coefficient (Wildman–Crippen LogP) is 3.17. The number of hydrogen-bond donors (Lipinski definition) is 1. The second-order valence-corrected chi connectivity index (χ2v) is 7.53. The maximum Gasteiger partial charge on any atom is 0.337 e. The number of halogens is 1. The van der Waals surface area contributed by atoms with Crippen LogP contribution in [0.5, 0.6) is 0 Å². The number of benzene rings is 1. The van der Waals surface area contributed by atoms with E-state index in [1.807, 2.05) is 11.9 Å². The van der Waals surface area contributed by atoms with Crippen molar-refractivity contribution < 1.29 is 14.3 Å². The average Bonchev–Trinajstić information content (AvgIpc) is 3.61. The van der Waals surface area contributed by atoms with Crippen molar-refractivity contribution in [3.63, 3.8) is 0 Å². The minimum absolute atomic E-state index is 0.130. The van der Waals surface area contributed by atoms with Crippen LogP contribution < -0.4 is 10.2 Å². The summed E-state index contributed by atoms with van der Waals surface area (Å²) in [7, 11) is 3.28. The van der Waals surface area contributed by atoms with Crippen molar-refractivity contribution in [1.29, 1.82) is 0 Å². The molecule has 0 spiro atoms. The van der Waals surface area contributed by atoms with Crippen molar-refractivity contribution in [2.75, 3.05) is 19.1 Å². The fourth-order valence-corrected chi connectivity index (χ4v) is 3.21. The number of anilines is 1. The quantitative estimate of drug-likeness (QED) is 0.226. The summed E-state index contributed by atoms with van der Waals surface area (Å²) in [5.74, 6) is 0.950. The lowest BCUT2D eigenvalue weighted by Gasteiger charge is -2.26. The SMILES string of the molecule is COC(=O)c1ccc(CN/C(C=O)=N/c2cnc(Cl)nc2N(C)C(C)C2CC2)cc1. The number of esters is 1. The largest absolute Gasteiger partial charge is 0.465 e. The maximum atomic E-state index is 11.6. The fraction of sp³-hybridized carbons (Fsp3) is 0.381. The van der Waals surface area contributed by atoms with Crippen LogP contribution in [0.3, 0.4) is 0 Å². The van der Waals surface area contributed by atoms with Crippen molar-refractivity contribution in [2.24, 2.45) is 10.9 Å². The molecule has 1 atom stereocenters. The molecular formula is C21H24ClN5O3. The van der Waals surface area contributed by atoms with E-state index < -0.39 is 5.97 Å². The molecule has 1 saturated carbocycles. The van der Waals surface area contributed by atoms with Gasteiger partial charge in [-0.3, -0.25) is 4.79 Å². The summed E-state index contributed by atoms with van der Waals surface area (Å²) in [6.45, 7) is 2.50. The monoisotopic (exact) mass is 429 g/mol. The first-order valence-electron chi connectivity index (χ1n) is 9.63. The van der Waals surface area contributed by atoms with Crippen LogP contribution in [0.1, 0.15) is 35.7 Å². The third kappa shape index (κ3) is 5.33. The fourth-order valence-electron chi connectivity index (χ4n) is 3.08. The normalized spacial score (nSPS) is 14.7. The van der Waals surface area contributed by atoms with Gasteiger partial charge in [-0.05, 0) is 55.0 Å². The van der Waals surface area contributed by atoms with Gasteiger partial charge in [-0.2, -0.15) is 4.98 Å². The van der Waals surface area contributed by atoms with Crippen molar-refractivity contribution in [3.05, 3.63) is 46.9 Å². The lowest BCUT2D eigenvalue weighted by molar-refractivity contribution is -0.102. The van der Waals surface area contributed by atoms with Gasteiger partial charge in [0.25, 0.3) is 0 Å². The van der Waals surface area contributed by atoms with Gasteiger partial charge in [0.15, 0.2) is 17.9 Å². The summed E-state index contributed by atoms with van der Waals surface area (Å²) in [6, 6.07) is 7.18. The van der Waals surface area contributed by atoms with Gasteiger partial charge in [0.05, 0.1) is 18.9 Å². The summed E-state index contributed by atoms with van der Waals surface area (Å²) in [5.41, 5.74) is 1.80. The van der Waals surface area contributed by atoms with E-state index in [4.69, 9.17) is 11.6 Å². The Balaban J connectivity index is 1.75. The van der Waals surface area contributed by atoms with Gasteiger partial charge in [-0.15, -0.1) is 0 Å². The molecule has 8 nitrogen and oxygen atoms in total. The lowest BCUT2D eigenvalue weighted by Crippen LogP contribution is -2.31. The number of ether oxygens (including phenoxy) is 1. The maximum absolute atomic E-state index is 11.6. The molecule has 1 N–H and O–H groups in total. The van der Waals surface area contributed by atoms with Gasteiger partial charge in [0, 0.05) is 19.6 Å². The van der Waals surface area contributed by atoms with Gasteiger partial charge in [-0.1, -0.05) is 12.1 Å². The molecular weight excluding hydrogens is 406 g/mol. The number of hydrogen-bond acceptors (Lipinski definition) is 7. The first-order chi connectivity index (χ1) is 14.4. The first-order valence-corrected chi connectivity index (χ1v) is 10.0. The highest BCUT2D eigenvalue weighted by atomic mass is 35.5. The molecule has 2 aromatic rings. The molecule has 1 aromatic carbocycles. The summed E-state index contributed by atoms with van der Waals surface area (Å²) in [4.78, 5) is 37.9. The molecule has 9 heteroatoms. The number of aromatic nitrogens is 2. The van der Waals surface area contributed by atoms with Crippen LogP contribution in [-0.4, -0.2) is 48.3 Å².